The van der Waals surface area contributed by atoms with Crippen LogP contribution in [0.2, 0.25) is 10.0 Å². The third kappa shape index (κ3) is 3.52. The zero-order valence-corrected chi connectivity index (χ0v) is 11.8. The van der Waals surface area contributed by atoms with Gasteiger partial charge in [-0.25, -0.2) is 0 Å². The second-order valence-corrected chi connectivity index (χ2v) is 5.00. The third-order valence-electron chi connectivity index (χ3n) is 2.75. The number of benzene rings is 1. The molecule has 19 heavy (non-hydrogen) atoms. The Kier molecular flexibility index (Phi) is 4.51. The topological polar surface area (TPSA) is 42.2 Å². The van der Waals surface area contributed by atoms with Gasteiger partial charge in [0.2, 0.25) is 5.91 Å². The van der Waals surface area contributed by atoms with Gasteiger partial charge in [-0.2, -0.15) is 0 Å². The first kappa shape index (κ1) is 14.0. The molecule has 0 fully saturated rings. The first-order chi connectivity index (χ1) is 9.08. The highest BCUT2D eigenvalue weighted by Gasteiger charge is 2.15. The van der Waals surface area contributed by atoms with Crippen molar-refractivity contribution in [2.75, 3.05) is 0 Å². The summed E-state index contributed by atoms with van der Waals surface area (Å²) in [6, 6.07) is 8.58. The van der Waals surface area contributed by atoms with E-state index in [1.165, 1.54) is 0 Å². The summed E-state index contributed by atoms with van der Waals surface area (Å²) in [6.07, 6.45) is 1.71. The fraction of sp³-hybridized carbons (Fsp3) is 0.214. The summed E-state index contributed by atoms with van der Waals surface area (Å²) in [5.74, 6) is 0.553. The van der Waals surface area contributed by atoms with Crippen LogP contribution in [-0.4, -0.2) is 5.91 Å². The molecular weight excluding hydrogens is 285 g/mol. The van der Waals surface area contributed by atoms with Gasteiger partial charge < -0.3 is 9.73 Å². The van der Waals surface area contributed by atoms with Crippen LogP contribution in [0.25, 0.3) is 0 Å². The van der Waals surface area contributed by atoms with E-state index in [-0.39, 0.29) is 18.4 Å². The van der Waals surface area contributed by atoms with Crippen molar-refractivity contribution < 1.29 is 9.21 Å². The molecule has 2 aromatic rings. The molecule has 3 nitrogen and oxygen atoms in total. The molecule has 100 valence electrons. The minimum atomic E-state index is -0.191. The number of carbonyl (C=O) groups is 1. The second-order valence-electron chi connectivity index (χ2n) is 4.18. The summed E-state index contributed by atoms with van der Waals surface area (Å²) in [6.45, 7) is 1.85. The lowest BCUT2D eigenvalue weighted by Crippen LogP contribution is -2.28. The van der Waals surface area contributed by atoms with Crippen molar-refractivity contribution in [2.45, 2.75) is 19.4 Å². The van der Waals surface area contributed by atoms with Gasteiger partial charge in [0.15, 0.2) is 0 Å². The molecule has 1 unspecified atom stereocenters. The van der Waals surface area contributed by atoms with E-state index in [0.29, 0.717) is 21.4 Å². The summed E-state index contributed by atoms with van der Waals surface area (Å²) in [7, 11) is 0. The molecule has 0 saturated heterocycles. The highest BCUT2D eigenvalue weighted by molar-refractivity contribution is 6.36. The zero-order valence-electron chi connectivity index (χ0n) is 10.3. The van der Waals surface area contributed by atoms with Gasteiger partial charge in [0, 0.05) is 10.0 Å². The van der Waals surface area contributed by atoms with Gasteiger partial charge in [0.05, 0.1) is 18.7 Å². The Hall–Kier alpha value is -1.45. The number of rotatable bonds is 4. The van der Waals surface area contributed by atoms with E-state index in [1.807, 2.05) is 13.0 Å². The first-order valence-corrected chi connectivity index (χ1v) is 6.59. The second kappa shape index (κ2) is 6.13. The van der Waals surface area contributed by atoms with E-state index in [0.717, 1.165) is 0 Å². The average Bonchev–Trinajstić information content (AvgIpc) is 2.88. The fourth-order valence-electron chi connectivity index (χ4n) is 1.76. The van der Waals surface area contributed by atoms with Gasteiger partial charge in [0.1, 0.15) is 5.76 Å². The quantitative estimate of drug-likeness (QED) is 0.926. The minimum Gasteiger partial charge on any atom is -0.467 e. The molecule has 1 heterocycles. The predicted octanol–water partition coefficient (Wildman–Crippen LogP) is 4.01. The number of carbonyl (C=O) groups excluding carboxylic acids is 1. The Bertz CT molecular complexity index is 547. The highest BCUT2D eigenvalue weighted by atomic mass is 35.5. The lowest BCUT2D eigenvalue weighted by molar-refractivity contribution is -0.121. The molecule has 0 radical (unpaired) electrons. The maximum Gasteiger partial charge on any atom is 0.225 e. The number of halogens is 2. The third-order valence-corrected chi connectivity index (χ3v) is 3.45. The van der Waals surface area contributed by atoms with Crippen molar-refractivity contribution >= 4 is 29.1 Å². The van der Waals surface area contributed by atoms with E-state index < -0.39 is 0 Å². The van der Waals surface area contributed by atoms with Crippen LogP contribution in [0, 0.1) is 0 Å². The number of hydrogen-bond acceptors (Lipinski definition) is 2. The van der Waals surface area contributed by atoms with E-state index >= 15 is 0 Å². The Morgan fingerprint density at radius 2 is 1.95 bits per heavy atom. The summed E-state index contributed by atoms with van der Waals surface area (Å²) in [5, 5.41) is 3.82. The van der Waals surface area contributed by atoms with Gasteiger partial charge in [-0.15, -0.1) is 0 Å². The van der Waals surface area contributed by atoms with Crippen LogP contribution in [0.1, 0.15) is 24.3 Å². The lowest BCUT2D eigenvalue weighted by Gasteiger charge is -2.12. The molecule has 2 rings (SSSR count). The van der Waals surface area contributed by atoms with Crippen LogP contribution in [0.3, 0.4) is 0 Å². The molecule has 0 bridgehead atoms. The highest BCUT2D eigenvalue weighted by Crippen LogP contribution is 2.25. The molecular formula is C14H13Cl2NO2. The Morgan fingerprint density at radius 3 is 2.53 bits per heavy atom. The number of hydrogen-bond donors (Lipinski definition) is 1. The normalized spacial score (nSPS) is 12.2. The van der Waals surface area contributed by atoms with Crippen LogP contribution >= 0.6 is 23.2 Å². The van der Waals surface area contributed by atoms with Gasteiger partial charge in [-0.05, 0) is 36.8 Å². The average molecular weight is 298 g/mol. The van der Waals surface area contributed by atoms with E-state index in [1.54, 1.807) is 30.5 Å². The minimum absolute atomic E-state index is 0.142. The van der Waals surface area contributed by atoms with Crippen LogP contribution in [0.4, 0.5) is 0 Å². The standard InChI is InChI=1S/C14H13Cl2NO2/c1-9(13-6-3-7-19-13)17-14(18)8-10-11(15)4-2-5-12(10)16/h2-7,9H,8H2,1H3,(H,17,18). The summed E-state index contributed by atoms with van der Waals surface area (Å²) in [5.41, 5.74) is 0.634. The monoisotopic (exact) mass is 297 g/mol. The summed E-state index contributed by atoms with van der Waals surface area (Å²) in [4.78, 5) is 12.0. The number of nitrogens with one attached hydrogen (secondary N) is 1. The summed E-state index contributed by atoms with van der Waals surface area (Å²) < 4.78 is 5.23. The maximum atomic E-state index is 12.0. The number of amides is 1. The molecule has 1 N–H and O–H groups in total. The van der Waals surface area contributed by atoms with Gasteiger partial charge in [0.25, 0.3) is 0 Å². The molecule has 0 aliphatic heterocycles. The number of furan rings is 1. The van der Waals surface area contributed by atoms with Gasteiger partial charge in [-0.3, -0.25) is 4.79 Å². The molecule has 0 aliphatic carbocycles. The van der Waals surface area contributed by atoms with Crippen molar-refractivity contribution in [1.29, 1.82) is 0 Å². The maximum absolute atomic E-state index is 12.0. The van der Waals surface area contributed by atoms with Crippen LogP contribution in [-0.2, 0) is 11.2 Å². The van der Waals surface area contributed by atoms with Crippen LogP contribution < -0.4 is 5.32 Å². The molecule has 1 aromatic heterocycles. The molecule has 0 aliphatic rings. The van der Waals surface area contributed by atoms with Gasteiger partial charge in [-0.1, -0.05) is 29.3 Å². The van der Waals surface area contributed by atoms with Crippen molar-refractivity contribution in [2.24, 2.45) is 0 Å². The smallest absolute Gasteiger partial charge is 0.225 e. The SMILES string of the molecule is CC(NC(=O)Cc1c(Cl)cccc1Cl)c1ccco1. The first-order valence-electron chi connectivity index (χ1n) is 5.83. The van der Waals surface area contributed by atoms with Crippen LogP contribution in [0.5, 0.6) is 0 Å². The van der Waals surface area contributed by atoms with Crippen molar-refractivity contribution in [3.63, 3.8) is 0 Å². The molecule has 1 aromatic carbocycles. The van der Waals surface area contributed by atoms with E-state index in [2.05, 4.69) is 5.32 Å². The summed E-state index contributed by atoms with van der Waals surface area (Å²) >= 11 is 12.1. The van der Waals surface area contributed by atoms with Gasteiger partial charge >= 0.3 is 0 Å². The van der Waals surface area contributed by atoms with Crippen LogP contribution in [0.15, 0.2) is 41.0 Å². The lowest BCUT2D eigenvalue weighted by atomic mass is 10.1. The van der Waals surface area contributed by atoms with Crippen molar-refractivity contribution in [3.8, 4) is 0 Å². The van der Waals surface area contributed by atoms with E-state index in [9.17, 15) is 4.79 Å². The van der Waals surface area contributed by atoms with Crippen molar-refractivity contribution in [1.82, 2.24) is 5.32 Å². The molecule has 5 heteroatoms. The molecule has 1 amide bonds. The zero-order chi connectivity index (χ0) is 13.8. The van der Waals surface area contributed by atoms with E-state index in [4.69, 9.17) is 27.6 Å². The predicted molar refractivity (Wildman–Crippen MR) is 75.4 cm³/mol. The van der Waals surface area contributed by atoms with Crippen molar-refractivity contribution in [3.05, 3.63) is 58.0 Å². The Labute approximate surface area is 121 Å². The molecule has 1 atom stereocenters. The molecule has 0 spiro atoms. The fourth-order valence-corrected chi connectivity index (χ4v) is 2.29. The Balaban J connectivity index is 2.02. The molecule has 0 saturated carbocycles. The largest absolute Gasteiger partial charge is 0.467 e. The Morgan fingerprint density at radius 1 is 1.26 bits per heavy atom.